The molecule has 2 nitrogen and oxygen atoms in total. The molecule has 1 rings (SSSR count). The van der Waals surface area contributed by atoms with Gasteiger partial charge in [0.1, 0.15) is 13.1 Å². The van der Waals surface area contributed by atoms with E-state index in [9.17, 15) is 0 Å². The van der Waals surface area contributed by atoms with E-state index in [1.807, 2.05) is 0 Å². The van der Waals surface area contributed by atoms with Gasteiger partial charge in [0.05, 0.1) is 26.3 Å². The van der Waals surface area contributed by atoms with Crippen LogP contribution < -0.4 is 24.0 Å². The van der Waals surface area contributed by atoms with Gasteiger partial charge < -0.3 is 33.2 Å². The van der Waals surface area contributed by atoms with Crippen LogP contribution in [0, 0.1) is 0 Å². The highest BCUT2D eigenvalue weighted by Gasteiger charge is 2.27. The van der Waals surface area contributed by atoms with Gasteiger partial charge in [-0.15, -0.1) is 0 Å². The van der Waals surface area contributed by atoms with Crippen LogP contribution in [-0.2, 0) is 4.74 Å². The Labute approximate surface area is 188 Å². The van der Waals surface area contributed by atoms with E-state index in [2.05, 4.69) is 13.8 Å². The van der Waals surface area contributed by atoms with Gasteiger partial charge in [-0.1, -0.05) is 96.8 Å². The summed E-state index contributed by atoms with van der Waals surface area (Å²) in [4.78, 5) is 0. The average Bonchev–Trinajstić information content (AvgIpc) is 2.68. The monoisotopic (exact) mass is 495 g/mol. The summed E-state index contributed by atoms with van der Waals surface area (Å²) in [5.74, 6) is 0. The van der Waals surface area contributed by atoms with Crippen molar-refractivity contribution in [1.82, 2.24) is 0 Å². The molecule has 0 N–H and O–H groups in total. The summed E-state index contributed by atoms with van der Waals surface area (Å²) in [5, 5.41) is 0. The molecule has 3 heteroatoms. The van der Waals surface area contributed by atoms with Gasteiger partial charge in [0.2, 0.25) is 0 Å². The number of hydrogen-bond donors (Lipinski definition) is 0. The summed E-state index contributed by atoms with van der Waals surface area (Å²) in [6, 6.07) is 0. The molecule has 27 heavy (non-hydrogen) atoms. The van der Waals surface area contributed by atoms with Crippen molar-refractivity contribution in [3.8, 4) is 0 Å². The Morgan fingerprint density at radius 2 is 0.926 bits per heavy atom. The molecule has 1 aliphatic rings. The standard InChI is InChI=1S/C24H50NO.HI/c1-3-5-6-7-8-9-10-11-12-13-14-15-16-17-18-19-20-25(4-2)21-23-26-24-22-25;/h3-24H2,1-2H3;1H/q+1;/p-1. The molecule has 0 amide bonds. The molecule has 0 bridgehead atoms. The van der Waals surface area contributed by atoms with E-state index in [-0.39, 0.29) is 24.0 Å². The number of quaternary nitrogens is 1. The summed E-state index contributed by atoms with van der Waals surface area (Å²) >= 11 is 0. The zero-order valence-corrected chi connectivity index (χ0v) is 20.9. The van der Waals surface area contributed by atoms with Crippen LogP contribution in [0.1, 0.15) is 117 Å². The first-order valence-corrected chi connectivity index (χ1v) is 12.3. The quantitative estimate of drug-likeness (QED) is 0.158. The van der Waals surface area contributed by atoms with Crippen LogP contribution in [0.5, 0.6) is 0 Å². The molecule has 0 aliphatic carbocycles. The van der Waals surface area contributed by atoms with Crippen molar-refractivity contribution in [2.75, 3.05) is 39.4 Å². The molecule has 0 aromatic carbocycles. The summed E-state index contributed by atoms with van der Waals surface area (Å²) in [5.41, 5.74) is 0. The van der Waals surface area contributed by atoms with E-state index in [0.717, 1.165) is 13.2 Å². The summed E-state index contributed by atoms with van der Waals surface area (Å²) in [7, 11) is 0. The van der Waals surface area contributed by atoms with Crippen LogP contribution in [0.25, 0.3) is 0 Å². The fourth-order valence-corrected chi connectivity index (χ4v) is 4.42. The maximum Gasteiger partial charge on any atom is 0.102 e. The molecule has 1 saturated heterocycles. The predicted molar refractivity (Wildman–Crippen MR) is 116 cm³/mol. The molecule has 0 saturated carbocycles. The van der Waals surface area contributed by atoms with E-state index < -0.39 is 0 Å². The zero-order valence-electron chi connectivity index (χ0n) is 18.8. The Hall–Kier alpha value is 0.650. The topological polar surface area (TPSA) is 9.23 Å². The predicted octanol–water partition coefficient (Wildman–Crippen LogP) is 4.12. The van der Waals surface area contributed by atoms with Crippen molar-refractivity contribution in [1.29, 1.82) is 0 Å². The lowest BCUT2D eigenvalue weighted by Crippen LogP contribution is -3.00. The molecule has 1 fully saturated rings. The van der Waals surface area contributed by atoms with E-state index in [4.69, 9.17) is 4.74 Å². The van der Waals surface area contributed by atoms with Crippen molar-refractivity contribution >= 4 is 0 Å². The van der Waals surface area contributed by atoms with Crippen LogP contribution in [-0.4, -0.2) is 43.9 Å². The molecule has 164 valence electrons. The minimum absolute atomic E-state index is 0. The molecular formula is C24H50INO. The Kier molecular flexibility index (Phi) is 20.4. The lowest BCUT2D eigenvalue weighted by atomic mass is 10.0. The van der Waals surface area contributed by atoms with Crippen molar-refractivity contribution in [2.24, 2.45) is 0 Å². The van der Waals surface area contributed by atoms with Crippen molar-refractivity contribution < 1.29 is 33.2 Å². The first-order chi connectivity index (χ1) is 12.8. The number of unbranched alkanes of at least 4 members (excludes halogenated alkanes) is 15. The largest absolute Gasteiger partial charge is 1.00 e. The van der Waals surface area contributed by atoms with Crippen LogP contribution in [0.4, 0.5) is 0 Å². The second-order valence-corrected chi connectivity index (χ2v) is 8.74. The molecule has 1 aliphatic heterocycles. The second-order valence-electron chi connectivity index (χ2n) is 8.74. The van der Waals surface area contributed by atoms with Crippen LogP contribution >= 0.6 is 0 Å². The number of likely N-dealkylation sites (N-methyl/N-ethyl adjacent to an activating group) is 1. The van der Waals surface area contributed by atoms with Gasteiger partial charge in [0.25, 0.3) is 0 Å². The molecule has 0 unspecified atom stereocenters. The van der Waals surface area contributed by atoms with E-state index in [1.54, 1.807) is 0 Å². The normalized spacial score (nSPS) is 16.2. The number of nitrogens with zero attached hydrogens (tertiary/aromatic N) is 1. The Bertz CT molecular complexity index is 292. The van der Waals surface area contributed by atoms with Gasteiger partial charge >= 0.3 is 0 Å². The smallest absolute Gasteiger partial charge is 0.102 e. The fraction of sp³-hybridized carbons (Fsp3) is 1.00. The number of rotatable bonds is 18. The maximum absolute atomic E-state index is 5.54. The molecule has 0 aromatic rings. The highest BCUT2D eigenvalue weighted by Crippen LogP contribution is 2.16. The minimum Gasteiger partial charge on any atom is -1.00 e. The minimum atomic E-state index is 0. The summed E-state index contributed by atoms with van der Waals surface area (Å²) in [6.45, 7) is 11.8. The Balaban J connectivity index is 0.00000676. The van der Waals surface area contributed by atoms with Gasteiger partial charge in [0.15, 0.2) is 0 Å². The number of ether oxygens (including phenoxy) is 1. The van der Waals surface area contributed by atoms with E-state index in [1.165, 1.54) is 133 Å². The number of hydrogen-bond acceptors (Lipinski definition) is 1. The second kappa shape index (κ2) is 19.9. The molecule has 1 heterocycles. The van der Waals surface area contributed by atoms with Crippen LogP contribution in [0.2, 0.25) is 0 Å². The highest BCUT2D eigenvalue weighted by atomic mass is 127. The molecule has 0 atom stereocenters. The SMILES string of the molecule is CCCCCCCCCCCCCCCCCC[N+]1(CC)CCOCC1.[I-]. The highest BCUT2D eigenvalue weighted by molar-refractivity contribution is 4.52. The lowest BCUT2D eigenvalue weighted by Gasteiger charge is -2.40. The van der Waals surface area contributed by atoms with Crippen molar-refractivity contribution in [3.05, 3.63) is 0 Å². The van der Waals surface area contributed by atoms with Gasteiger partial charge in [0, 0.05) is 0 Å². The fourth-order valence-electron chi connectivity index (χ4n) is 4.42. The number of morpholine rings is 1. The van der Waals surface area contributed by atoms with Gasteiger partial charge in [-0.25, -0.2) is 0 Å². The van der Waals surface area contributed by atoms with Crippen LogP contribution in [0.3, 0.4) is 0 Å². The van der Waals surface area contributed by atoms with Gasteiger partial charge in [-0.2, -0.15) is 0 Å². The first kappa shape index (κ1) is 27.6. The van der Waals surface area contributed by atoms with Gasteiger partial charge in [-0.05, 0) is 19.8 Å². The maximum atomic E-state index is 5.54. The summed E-state index contributed by atoms with van der Waals surface area (Å²) < 4.78 is 6.86. The third-order valence-electron chi connectivity index (χ3n) is 6.58. The molecule has 0 radical (unpaired) electrons. The molecular weight excluding hydrogens is 445 g/mol. The van der Waals surface area contributed by atoms with E-state index in [0.29, 0.717) is 0 Å². The third kappa shape index (κ3) is 15.2. The zero-order chi connectivity index (χ0) is 18.8. The first-order valence-electron chi connectivity index (χ1n) is 12.3. The van der Waals surface area contributed by atoms with E-state index >= 15 is 0 Å². The number of halogens is 1. The Morgan fingerprint density at radius 1 is 0.556 bits per heavy atom. The lowest BCUT2D eigenvalue weighted by molar-refractivity contribution is -0.933. The molecule has 0 spiro atoms. The average molecular weight is 496 g/mol. The van der Waals surface area contributed by atoms with Crippen LogP contribution in [0.15, 0.2) is 0 Å². The van der Waals surface area contributed by atoms with Crippen molar-refractivity contribution in [2.45, 2.75) is 117 Å². The molecule has 0 aromatic heterocycles. The Morgan fingerprint density at radius 3 is 1.30 bits per heavy atom. The third-order valence-corrected chi connectivity index (χ3v) is 6.58. The van der Waals surface area contributed by atoms with Gasteiger partial charge in [-0.3, -0.25) is 0 Å². The van der Waals surface area contributed by atoms with Crippen molar-refractivity contribution in [3.63, 3.8) is 0 Å². The summed E-state index contributed by atoms with van der Waals surface area (Å²) in [6.07, 6.45) is 23.4.